The minimum atomic E-state index is -5.08. The van der Waals surface area contributed by atoms with Crippen molar-refractivity contribution in [2.45, 2.75) is 57.9 Å². The first-order chi connectivity index (χ1) is 22.4. The number of carbonyl (C=O) groups is 3. The Bertz CT molecular complexity index is 1640. The number of carboxylic acids is 1. The number of nitrogens with zero attached hydrogens (tertiary/aromatic N) is 4. The molecule has 1 saturated heterocycles. The van der Waals surface area contributed by atoms with Crippen LogP contribution in [-0.2, 0) is 15.0 Å². The maximum atomic E-state index is 13.4. The number of rotatable bonds is 4. The Balaban J connectivity index is 0.000000486. The SMILES string of the molecule is CC(C)(C)c1ccc(C(=O)Nc2cn3nc(N4CCCC4c4ccc(F)cc4)ccc3n2)cc1.FC(F)F.O=C(O)C(F)(F)F.O=CO. The van der Waals surface area contributed by atoms with Crippen molar-refractivity contribution in [2.75, 3.05) is 16.8 Å². The van der Waals surface area contributed by atoms with Crippen LogP contribution in [-0.4, -0.2) is 62.6 Å². The van der Waals surface area contributed by atoms with Crippen molar-refractivity contribution in [3.63, 3.8) is 0 Å². The summed E-state index contributed by atoms with van der Waals surface area (Å²) in [4.78, 5) is 36.7. The van der Waals surface area contributed by atoms with Gasteiger partial charge in [-0.25, -0.2) is 18.7 Å². The van der Waals surface area contributed by atoms with E-state index >= 15 is 0 Å². The van der Waals surface area contributed by atoms with Gasteiger partial charge in [0.05, 0.1) is 12.2 Å². The Kier molecular flexibility index (Phi) is 13.9. The average molecular weight is 688 g/mol. The molecule has 2 aromatic heterocycles. The number of halogens is 7. The molecule has 1 atom stereocenters. The molecule has 0 bridgehead atoms. The Morgan fingerprint density at radius 1 is 0.979 bits per heavy atom. The Morgan fingerprint density at radius 2 is 1.52 bits per heavy atom. The van der Waals surface area contributed by atoms with Gasteiger partial charge in [-0.05, 0) is 65.8 Å². The highest BCUT2D eigenvalue weighted by atomic mass is 19.4. The molecule has 3 heterocycles. The van der Waals surface area contributed by atoms with Crippen molar-refractivity contribution in [2.24, 2.45) is 0 Å². The van der Waals surface area contributed by atoms with Crippen LogP contribution < -0.4 is 10.2 Å². The fraction of sp³-hybridized carbons (Fsp3) is 0.323. The van der Waals surface area contributed by atoms with Gasteiger partial charge in [-0.15, -0.1) is 5.10 Å². The van der Waals surface area contributed by atoms with E-state index in [0.717, 1.165) is 30.8 Å². The fourth-order valence-corrected chi connectivity index (χ4v) is 4.47. The third kappa shape index (κ3) is 11.9. The molecule has 0 saturated carbocycles. The maximum Gasteiger partial charge on any atom is 0.490 e. The zero-order valence-corrected chi connectivity index (χ0v) is 25.8. The highest BCUT2D eigenvalue weighted by Crippen LogP contribution is 2.35. The van der Waals surface area contributed by atoms with Gasteiger partial charge in [0.25, 0.3) is 12.4 Å². The lowest BCUT2D eigenvalue weighted by Crippen LogP contribution is -2.24. The quantitative estimate of drug-likeness (QED) is 0.151. The van der Waals surface area contributed by atoms with Crippen LogP contribution in [0.15, 0.2) is 66.9 Å². The number of alkyl halides is 6. The molecule has 1 aliphatic rings. The number of amides is 1. The molecule has 2 aromatic carbocycles. The maximum absolute atomic E-state index is 13.4. The first-order valence-electron chi connectivity index (χ1n) is 14.0. The molecule has 0 radical (unpaired) electrons. The second kappa shape index (κ2) is 17.1. The number of fused-ring (bicyclic) bond motifs is 1. The summed E-state index contributed by atoms with van der Waals surface area (Å²) in [6, 6.07) is 18.3. The third-order valence-electron chi connectivity index (χ3n) is 6.61. The van der Waals surface area contributed by atoms with E-state index in [4.69, 9.17) is 24.9 Å². The van der Waals surface area contributed by atoms with E-state index in [1.807, 2.05) is 48.5 Å². The number of carbonyl (C=O) groups excluding carboxylic acids is 1. The van der Waals surface area contributed by atoms with E-state index in [9.17, 15) is 35.5 Å². The molecule has 5 rings (SSSR count). The van der Waals surface area contributed by atoms with E-state index in [1.54, 1.807) is 10.7 Å². The number of aromatic nitrogens is 3. The fourth-order valence-electron chi connectivity index (χ4n) is 4.47. The number of aliphatic carboxylic acids is 1. The van der Waals surface area contributed by atoms with Crippen molar-refractivity contribution >= 4 is 35.6 Å². The van der Waals surface area contributed by atoms with Gasteiger partial charge < -0.3 is 20.4 Å². The lowest BCUT2D eigenvalue weighted by molar-refractivity contribution is -0.192. The van der Waals surface area contributed by atoms with E-state index in [1.165, 1.54) is 17.7 Å². The summed E-state index contributed by atoms with van der Waals surface area (Å²) in [5.74, 6) is -1.92. The van der Waals surface area contributed by atoms with Crippen molar-refractivity contribution in [3.8, 4) is 0 Å². The van der Waals surface area contributed by atoms with Gasteiger partial charge in [-0.1, -0.05) is 45.0 Å². The summed E-state index contributed by atoms with van der Waals surface area (Å²) < 4.78 is 75.8. The topological polar surface area (TPSA) is 137 Å². The molecule has 1 aliphatic heterocycles. The van der Waals surface area contributed by atoms with E-state index in [-0.39, 0.29) is 29.7 Å². The van der Waals surface area contributed by atoms with Crippen molar-refractivity contribution < 1.29 is 55.3 Å². The molecule has 3 N–H and O–H groups in total. The summed E-state index contributed by atoms with van der Waals surface area (Å²) in [5.41, 5.74) is 3.52. The standard InChI is InChI=1S/C27H28FN5O.C2HF3O2.CHF3.CH2O2/c1-27(2,3)20-10-6-19(7-11-20)26(34)30-23-17-33-24(29-23)14-15-25(31-33)32-16-4-5-22(32)18-8-12-21(28)13-9-18;3-2(4,5)1(6)7;2-1(3)4;2-1-3/h6-15,17,22H,4-5,16H2,1-3H3,(H,30,34);(H,6,7);1H;1H,(H,2,3). The highest BCUT2D eigenvalue weighted by molar-refractivity contribution is 6.03. The van der Waals surface area contributed by atoms with Crippen LogP contribution in [0.2, 0.25) is 0 Å². The predicted octanol–water partition coefficient (Wildman–Crippen LogP) is 7.27. The Hall–Kier alpha value is -5.22. The lowest BCUT2D eigenvalue weighted by Gasteiger charge is -2.26. The van der Waals surface area contributed by atoms with Crippen LogP contribution in [0.5, 0.6) is 0 Å². The summed E-state index contributed by atoms with van der Waals surface area (Å²) in [6.45, 7) is 3.39. The molecule has 17 heteroatoms. The number of hydrogen-bond donors (Lipinski definition) is 3. The average Bonchev–Trinajstić information content (AvgIpc) is 3.64. The van der Waals surface area contributed by atoms with Crippen LogP contribution in [0.3, 0.4) is 0 Å². The number of benzene rings is 2. The lowest BCUT2D eigenvalue weighted by atomic mass is 9.87. The van der Waals surface area contributed by atoms with Crippen molar-refractivity contribution in [1.29, 1.82) is 0 Å². The number of carboxylic acid groups (broad SMARTS) is 2. The Labute approximate surface area is 269 Å². The van der Waals surface area contributed by atoms with E-state index < -0.39 is 18.8 Å². The van der Waals surface area contributed by atoms with Crippen molar-refractivity contribution in [3.05, 3.63) is 89.4 Å². The van der Waals surface area contributed by atoms with Gasteiger partial charge in [0.2, 0.25) is 0 Å². The molecular formula is C31H32F7N5O5. The van der Waals surface area contributed by atoms with Crippen LogP contribution in [0, 0.1) is 5.82 Å². The van der Waals surface area contributed by atoms with Crippen LogP contribution in [0.4, 0.5) is 42.4 Å². The largest absolute Gasteiger partial charge is 0.490 e. The summed E-state index contributed by atoms with van der Waals surface area (Å²) in [5, 5.41) is 21.6. The van der Waals surface area contributed by atoms with Gasteiger partial charge in [0.1, 0.15) is 11.6 Å². The molecule has 1 fully saturated rings. The van der Waals surface area contributed by atoms with Gasteiger partial charge in [0, 0.05) is 12.1 Å². The first-order valence-corrected chi connectivity index (χ1v) is 14.0. The summed E-state index contributed by atoms with van der Waals surface area (Å²) in [6.07, 6.45) is -1.32. The van der Waals surface area contributed by atoms with Gasteiger partial charge in [-0.2, -0.15) is 26.3 Å². The van der Waals surface area contributed by atoms with E-state index in [2.05, 4.69) is 36.0 Å². The van der Waals surface area contributed by atoms with Gasteiger partial charge >= 0.3 is 18.8 Å². The molecule has 4 aromatic rings. The summed E-state index contributed by atoms with van der Waals surface area (Å²) in [7, 11) is 0. The Morgan fingerprint density at radius 3 is 2.02 bits per heavy atom. The van der Waals surface area contributed by atoms with Crippen LogP contribution in [0.1, 0.15) is 61.1 Å². The third-order valence-corrected chi connectivity index (χ3v) is 6.61. The summed E-state index contributed by atoms with van der Waals surface area (Å²) >= 11 is 0. The number of hydrogen-bond acceptors (Lipinski definition) is 6. The van der Waals surface area contributed by atoms with Crippen molar-refractivity contribution in [1.82, 2.24) is 14.6 Å². The molecule has 48 heavy (non-hydrogen) atoms. The number of imidazole rings is 1. The molecule has 260 valence electrons. The van der Waals surface area contributed by atoms with E-state index in [0.29, 0.717) is 17.0 Å². The number of anilines is 2. The molecular weight excluding hydrogens is 655 g/mol. The second-order valence-corrected chi connectivity index (χ2v) is 11.0. The smallest absolute Gasteiger partial charge is 0.483 e. The first kappa shape index (κ1) is 39.0. The molecule has 0 aliphatic carbocycles. The molecule has 10 nitrogen and oxygen atoms in total. The monoisotopic (exact) mass is 687 g/mol. The second-order valence-electron chi connectivity index (χ2n) is 11.0. The van der Waals surface area contributed by atoms with Gasteiger partial charge in [-0.3, -0.25) is 9.59 Å². The molecule has 0 spiro atoms. The minimum absolute atomic E-state index is 0.0328. The molecule has 1 unspecified atom stereocenters. The van der Waals surface area contributed by atoms with Gasteiger partial charge in [0.15, 0.2) is 11.5 Å². The predicted molar refractivity (Wildman–Crippen MR) is 161 cm³/mol. The van der Waals surface area contributed by atoms with Crippen LogP contribution >= 0.6 is 0 Å². The zero-order valence-electron chi connectivity index (χ0n) is 25.8. The van der Waals surface area contributed by atoms with Crippen LogP contribution in [0.25, 0.3) is 5.65 Å². The minimum Gasteiger partial charge on any atom is -0.483 e. The number of nitrogens with one attached hydrogen (secondary N) is 1. The zero-order chi connectivity index (χ0) is 36.2. The molecule has 1 amide bonds. The normalized spacial score (nSPS) is 14.1. The highest BCUT2D eigenvalue weighted by Gasteiger charge is 2.38.